The zero-order valence-electron chi connectivity index (χ0n) is 9.29. The number of nitrogens with one attached hydrogen (secondary N) is 1. The van der Waals surface area contributed by atoms with Gasteiger partial charge < -0.3 is 5.32 Å². The van der Waals surface area contributed by atoms with Gasteiger partial charge in [-0.2, -0.15) is 0 Å². The molecule has 3 nitrogen and oxygen atoms in total. The van der Waals surface area contributed by atoms with Crippen molar-refractivity contribution in [2.45, 2.75) is 26.3 Å². The molecule has 0 spiro atoms. The van der Waals surface area contributed by atoms with Gasteiger partial charge in [0.1, 0.15) is 0 Å². The summed E-state index contributed by atoms with van der Waals surface area (Å²) in [5.41, 5.74) is 0.613. The van der Waals surface area contributed by atoms with E-state index in [1.54, 1.807) is 31.2 Å². The number of benzene rings is 1. The van der Waals surface area contributed by atoms with Gasteiger partial charge in [0.25, 0.3) is 0 Å². The summed E-state index contributed by atoms with van der Waals surface area (Å²) < 4.78 is 0. The van der Waals surface area contributed by atoms with Gasteiger partial charge in [-0.05, 0) is 31.2 Å². The van der Waals surface area contributed by atoms with Crippen molar-refractivity contribution >= 4 is 23.3 Å². The van der Waals surface area contributed by atoms with E-state index in [4.69, 9.17) is 11.6 Å². The number of Topliss-reactive ketones (excluding diaryl/α,β-unsaturated/α-hetero) is 1. The Bertz CT molecular complexity index is 387. The van der Waals surface area contributed by atoms with Gasteiger partial charge in [0.05, 0.1) is 0 Å². The fourth-order valence-corrected chi connectivity index (χ4v) is 1.56. The third kappa shape index (κ3) is 4.03. The van der Waals surface area contributed by atoms with Crippen molar-refractivity contribution in [3.05, 3.63) is 34.9 Å². The minimum absolute atomic E-state index is 0.00193. The van der Waals surface area contributed by atoms with Crippen LogP contribution in [0.5, 0.6) is 0 Å². The van der Waals surface area contributed by atoms with Gasteiger partial charge in [0.2, 0.25) is 5.91 Å². The summed E-state index contributed by atoms with van der Waals surface area (Å²) in [5, 5.41) is 3.27. The average molecular weight is 240 g/mol. The number of rotatable bonds is 4. The molecule has 0 bridgehead atoms. The van der Waals surface area contributed by atoms with Crippen molar-refractivity contribution < 1.29 is 9.59 Å². The van der Waals surface area contributed by atoms with Gasteiger partial charge >= 0.3 is 0 Å². The summed E-state index contributed by atoms with van der Waals surface area (Å²) >= 11 is 5.72. The zero-order chi connectivity index (χ0) is 12.1. The number of hydrogen-bond donors (Lipinski definition) is 1. The molecule has 4 heteroatoms. The van der Waals surface area contributed by atoms with Crippen LogP contribution in [0, 0.1) is 0 Å². The maximum Gasteiger partial charge on any atom is 0.217 e. The molecule has 0 aromatic heterocycles. The maximum absolute atomic E-state index is 11.8. The normalized spacial score (nSPS) is 11.9. The lowest BCUT2D eigenvalue weighted by Crippen LogP contribution is -2.32. The lowest BCUT2D eigenvalue weighted by Gasteiger charge is -2.11. The second kappa shape index (κ2) is 5.66. The summed E-state index contributed by atoms with van der Waals surface area (Å²) in [7, 11) is 0. The van der Waals surface area contributed by atoms with Crippen molar-refractivity contribution in [1.82, 2.24) is 5.32 Å². The Hall–Kier alpha value is -1.35. The van der Waals surface area contributed by atoms with Crippen LogP contribution >= 0.6 is 11.6 Å². The molecule has 86 valence electrons. The average Bonchev–Trinajstić information content (AvgIpc) is 2.16. The molecule has 0 aliphatic heterocycles. The summed E-state index contributed by atoms with van der Waals surface area (Å²) in [4.78, 5) is 22.5. The molecule has 1 amide bonds. The third-order valence-corrected chi connectivity index (χ3v) is 2.36. The lowest BCUT2D eigenvalue weighted by molar-refractivity contribution is -0.119. The molecule has 1 rings (SSSR count). The van der Waals surface area contributed by atoms with Gasteiger partial charge in [-0.25, -0.2) is 0 Å². The highest BCUT2D eigenvalue weighted by Gasteiger charge is 2.11. The quantitative estimate of drug-likeness (QED) is 0.821. The van der Waals surface area contributed by atoms with Crippen LogP contribution in [0.2, 0.25) is 5.02 Å². The van der Waals surface area contributed by atoms with Gasteiger partial charge in [-0.15, -0.1) is 0 Å². The molecule has 1 aromatic carbocycles. The number of hydrogen-bond acceptors (Lipinski definition) is 2. The number of carbonyl (C=O) groups excluding carboxylic acids is 2. The van der Waals surface area contributed by atoms with Crippen molar-refractivity contribution in [2.75, 3.05) is 0 Å². The van der Waals surface area contributed by atoms with Crippen LogP contribution in [0.3, 0.4) is 0 Å². The van der Waals surface area contributed by atoms with Crippen LogP contribution in [0.25, 0.3) is 0 Å². The van der Waals surface area contributed by atoms with Gasteiger partial charge in [-0.3, -0.25) is 9.59 Å². The Kier molecular flexibility index (Phi) is 4.50. The van der Waals surface area contributed by atoms with Gasteiger partial charge in [-0.1, -0.05) is 11.6 Å². The molecule has 1 unspecified atom stereocenters. The summed E-state index contributed by atoms with van der Waals surface area (Å²) in [5.74, 6) is -0.130. The Morgan fingerprint density at radius 3 is 2.38 bits per heavy atom. The van der Waals surface area contributed by atoms with E-state index in [1.807, 2.05) is 0 Å². The van der Waals surface area contributed by atoms with E-state index in [1.165, 1.54) is 6.92 Å². The van der Waals surface area contributed by atoms with Crippen molar-refractivity contribution in [1.29, 1.82) is 0 Å². The van der Waals surface area contributed by atoms with Crippen molar-refractivity contribution in [2.24, 2.45) is 0 Å². The molecule has 0 aliphatic rings. The van der Waals surface area contributed by atoms with E-state index in [2.05, 4.69) is 5.32 Å². The van der Waals surface area contributed by atoms with Crippen LogP contribution in [0.4, 0.5) is 0 Å². The highest BCUT2D eigenvalue weighted by molar-refractivity contribution is 6.30. The smallest absolute Gasteiger partial charge is 0.217 e. The molecule has 0 saturated heterocycles. The molecule has 0 saturated carbocycles. The highest BCUT2D eigenvalue weighted by Crippen LogP contribution is 2.11. The second-order valence-electron chi connectivity index (χ2n) is 3.74. The van der Waals surface area contributed by atoms with Gasteiger partial charge in [0.15, 0.2) is 5.78 Å². The monoisotopic (exact) mass is 239 g/mol. The predicted octanol–water partition coefficient (Wildman–Crippen LogP) is 2.44. The Balaban J connectivity index is 2.58. The fourth-order valence-electron chi connectivity index (χ4n) is 1.43. The first kappa shape index (κ1) is 12.7. The Labute approximate surface area is 99.8 Å². The molecular weight excluding hydrogens is 226 g/mol. The fraction of sp³-hybridized carbons (Fsp3) is 0.333. The first-order valence-corrected chi connectivity index (χ1v) is 5.42. The lowest BCUT2D eigenvalue weighted by atomic mass is 10.0. The SMILES string of the molecule is CC(=O)NC(C)CC(=O)c1ccc(Cl)cc1. The number of carbonyl (C=O) groups is 2. The molecule has 16 heavy (non-hydrogen) atoms. The molecule has 1 aromatic rings. The molecule has 0 fully saturated rings. The molecule has 0 aliphatic carbocycles. The predicted molar refractivity (Wildman–Crippen MR) is 63.7 cm³/mol. The van der Waals surface area contributed by atoms with Crippen molar-refractivity contribution in [3.8, 4) is 0 Å². The van der Waals surface area contributed by atoms with E-state index < -0.39 is 0 Å². The minimum atomic E-state index is -0.152. The molecule has 0 radical (unpaired) electrons. The van der Waals surface area contributed by atoms with E-state index in [0.29, 0.717) is 17.0 Å². The van der Waals surface area contributed by atoms with E-state index in [-0.39, 0.29) is 17.7 Å². The number of halogens is 1. The topological polar surface area (TPSA) is 46.2 Å². The zero-order valence-corrected chi connectivity index (χ0v) is 10.0. The number of amides is 1. The van der Waals surface area contributed by atoms with Gasteiger partial charge in [0, 0.05) is 30.0 Å². The minimum Gasteiger partial charge on any atom is -0.353 e. The standard InChI is InChI=1S/C12H14ClNO2/c1-8(14-9(2)15)7-12(16)10-3-5-11(13)6-4-10/h3-6,8H,7H2,1-2H3,(H,14,15). The Morgan fingerprint density at radius 2 is 1.88 bits per heavy atom. The van der Waals surface area contributed by atoms with E-state index in [9.17, 15) is 9.59 Å². The van der Waals surface area contributed by atoms with Crippen LogP contribution in [0.1, 0.15) is 30.6 Å². The van der Waals surface area contributed by atoms with Crippen LogP contribution in [0.15, 0.2) is 24.3 Å². The summed E-state index contributed by atoms with van der Waals surface area (Å²) in [6, 6.07) is 6.58. The molecular formula is C12H14ClNO2. The van der Waals surface area contributed by atoms with Crippen LogP contribution < -0.4 is 5.32 Å². The first-order chi connectivity index (χ1) is 7.49. The van der Waals surface area contributed by atoms with Crippen molar-refractivity contribution in [3.63, 3.8) is 0 Å². The summed E-state index contributed by atoms with van der Waals surface area (Å²) in [6.45, 7) is 3.23. The number of ketones is 1. The third-order valence-electron chi connectivity index (χ3n) is 2.11. The first-order valence-electron chi connectivity index (χ1n) is 5.05. The van der Waals surface area contributed by atoms with E-state index in [0.717, 1.165) is 0 Å². The maximum atomic E-state index is 11.8. The second-order valence-corrected chi connectivity index (χ2v) is 4.17. The highest BCUT2D eigenvalue weighted by atomic mass is 35.5. The van der Waals surface area contributed by atoms with Crippen LogP contribution in [-0.4, -0.2) is 17.7 Å². The largest absolute Gasteiger partial charge is 0.353 e. The van der Waals surface area contributed by atoms with Crippen LogP contribution in [-0.2, 0) is 4.79 Å². The Morgan fingerprint density at radius 1 is 1.31 bits per heavy atom. The molecule has 1 atom stereocenters. The van der Waals surface area contributed by atoms with E-state index >= 15 is 0 Å². The molecule has 0 heterocycles. The molecule has 1 N–H and O–H groups in total. The summed E-state index contributed by atoms with van der Waals surface area (Å²) in [6.07, 6.45) is 0.293.